The Labute approximate surface area is 210 Å². The fraction of sp³-hybridized carbons (Fsp3) is 0.310. The highest BCUT2D eigenvalue weighted by Gasteiger charge is 2.24. The molecule has 36 heavy (non-hydrogen) atoms. The summed E-state index contributed by atoms with van der Waals surface area (Å²) >= 11 is 0. The Morgan fingerprint density at radius 1 is 1.14 bits per heavy atom. The van der Waals surface area contributed by atoms with Crippen LogP contribution in [0.5, 0.6) is 11.5 Å². The van der Waals surface area contributed by atoms with Crippen LogP contribution < -0.4 is 9.47 Å². The smallest absolute Gasteiger partial charge is 0.246 e. The lowest BCUT2D eigenvalue weighted by Gasteiger charge is -2.24. The predicted molar refractivity (Wildman–Crippen MR) is 135 cm³/mol. The lowest BCUT2D eigenvalue weighted by molar-refractivity contribution is -0.126. The van der Waals surface area contributed by atoms with Gasteiger partial charge in [-0.15, -0.1) is 0 Å². The van der Waals surface area contributed by atoms with Crippen LogP contribution in [0.4, 0.5) is 4.39 Å². The number of carbonyl (C=O) groups excluding carboxylic acids is 1. The van der Waals surface area contributed by atoms with Crippen LogP contribution in [0.15, 0.2) is 67.0 Å². The highest BCUT2D eigenvalue weighted by atomic mass is 19.1. The Balaban J connectivity index is 1.40. The minimum Gasteiger partial charge on any atom is -0.487 e. The van der Waals surface area contributed by atoms with E-state index in [2.05, 4.69) is 4.98 Å². The Bertz CT molecular complexity index is 1230. The standard InChI is InChI=1S/C29H29FN2O4/c30-25-7-3-5-21(15-25)9-10-28(33)32-12-14-35-29-24(19-32)16-23(22-6-4-11-31-18-22)17-27(29)36-20-26-8-1-2-13-34-26/h3-7,9-11,15-18,26H,1-2,8,12-14,19-20H2/b10-9+/t26-/m1/s1. The van der Waals surface area contributed by atoms with Crippen molar-refractivity contribution in [1.82, 2.24) is 9.88 Å². The molecule has 0 aliphatic carbocycles. The second-order valence-electron chi connectivity index (χ2n) is 9.00. The second kappa shape index (κ2) is 11.4. The quantitative estimate of drug-likeness (QED) is 0.443. The largest absolute Gasteiger partial charge is 0.487 e. The van der Waals surface area contributed by atoms with E-state index in [1.165, 1.54) is 18.2 Å². The maximum Gasteiger partial charge on any atom is 0.246 e. The predicted octanol–water partition coefficient (Wildman–Crippen LogP) is 5.27. The highest BCUT2D eigenvalue weighted by molar-refractivity contribution is 5.92. The van der Waals surface area contributed by atoms with Gasteiger partial charge in [-0.05, 0) is 66.8 Å². The third-order valence-electron chi connectivity index (χ3n) is 6.37. The molecule has 0 radical (unpaired) electrons. The second-order valence-corrected chi connectivity index (χ2v) is 9.00. The van der Waals surface area contributed by atoms with Crippen molar-refractivity contribution in [3.63, 3.8) is 0 Å². The average molecular weight is 489 g/mol. The van der Waals surface area contributed by atoms with E-state index < -0.39 is 0 Å². The van der Waals surface area contributed by atoms with E-state index in [0.717, 1.165) is 42.6 Å². The van der Waals surface area contributed by atoms with Crippen LogP contribution >= 0.6 is 0 Å². The number of benzene rings is 2. The lowest BCUT2D eigenvalue weighted by Crippen LogP contribution is -2.30. The number of rotatable bonds is 6. The summed E-state index contributed by atoms with van der Waals surface area (Å²) in [5.74, 6) is 0.796. The summed E-state index contributed by atoms with van der Waals surface area (Å²) < 4.78 is 31.7. The van der Waals surface area contributed by atoms with Gasteiger partial charge in [0.05, 0.1) is 12.6 Å². The first-order valence-electron chi connectivity index (χ1n) is 12.3. The van der Waals surface area contributed by atoms with E-state index in [4.69, 9.17) is 14.2 Å². The van der Waals surface area contributed by atoms with Gasteiger partial charge in [0.1, 0.15) is 19.0 Å². The molecule has 3 aromatic rings. The summed E-state index contributed by atoms with van der Waals surface area (Å²) in [6.07, 6.45) is 9.91. The van der Waals surface area contributed by atoms with Gasteiger partial charge in [-0.1, -0.05) is 18.2 Å². The molecule has 6 nitrogen and oxygen atoms in total. The molecule has 0 unspecified atom stereocenters. The molecule has 1 atom stereocenters. The molecule has 1 amide bonds. The number of amides is 1. The molecule has 5 rings (SSSR count). The van der Waals surface area contributed by atoms with Crippen molar-refractivity contribution in [3.8, 4) is 22.6 Å². The zero-order valence-electron chi connectivity index (χ0n) is 20.1. The zero-order valence-corrected chi connectivity index (χ0v) is 20.1. The molecule has 0 N–H and O–H groups in total. The number of nitrogens with zero attached hydrogens (tertiary/aromatic N) is 2. The number of carbonyl (C=O) groups is 1. The van der Waals surface area contributed by atoms with Crippen molar-refractivity contribution in [2.75, 3.05) is 26.4 Å². The first-order chi connectivity index (χ1) is 17.7. The van der Waals surface area contributed by atoms with E-state index in [1.807, 2.05) is 24.3 Å². The zero-order chi connectivity index (χ0) is 24.7. The fourth-order valence-corrected chi connectivity index (χ4v) is 4.48. The van der Waals surface area contributed by atoms with Crippen molar-refractivity contribution < 1.29 is 23.4 Å². The van der Waals surface area contributed by atoms with E-state index in [1.54, 1.807) is 35.5 Å². The number of hydrogen-bond donors (Lipinski definition) is 0. The van der Waals surface area contributed by atoms with Crippen LogP contribution in [0, 0.1) is 5.82 Å². The number of fused-ring (bicyclic) bond motifs is 1. The Hall–Kier alpha value is -3.71. The SMILES string of the molecule is O=C(/C=C/c1cccc(F)c1)N1CCOc2c(cc(-c3cccnc3)cc2OC[C@H]2CCCCO2)C1. The molecule has 2 aromatic carbocycles. The first kappa shape index (κ1) is 24.0. The summed E-state index contributed by atoms with van der Waals surface area (Å²) in [5.41, 5.74) is 3.39. The van der Waals surface area contributed by atoms with Gasteiger partial charge in [0.2, 0.25) is 5.91 Å². The van der Waals surface area contributed by atoms with E-state index >= 15 is 0 Å². The van der Waals surface area contributed by atoms with Crippen LogP contribution in [0.2, 0.25) is 0 Å². The normalized spacial score (nSPS) is 17.8. The van der Waals surface area contributed by atoms with Crippen molar-refractivity contribution in [2.45, 2.75) is 31.9 Å². The van der Waals surface area contributed by atoms with Gasteiger partial charge < -0.3 is 19.1 Å². The summed E-state index contributed by atoms with van der Waals surface area (Å²) in [4.78, 5) is 19.0. The Morgan fingerprint density at radius 3 is 2.89 bits per heavy atom. The molecule has 0 saturated carbocycles. The van der Waals surface area contributed by atoms with Crippen LogP contribution in [0.25, 0.3) is 17.2 Å². The van der Waals surface area contributed by atoms with Crippen LogP contribution in [0.3, 0.4) is 0 Å². The van der Waals surface area contributed by atoms with Gasteiger partial charge in [0.15, 0.2) is 11.5 Å². The number of pyridine rings is 1. The number of ether oxygens (including phenoxy) is 3. The molecule has 7 heteroatoms. The van der Waals surface area contributed by atoms with E-state index in [0.29, 0.717) is 43.4 Å². The maximum absolute atomic E-state index is 13.5. The molecule has 2 aliphatic rings. The number of halogens is 1. The lowest BCUT2D eigenvalue weighted by atomic mass is 10.0. The van der Waals surface area contributed by atoms with Crippen LogP contribution in [-0.2, 0) is 16.1 Å². The molecule has 1 fully saturated rings. The Kier molecular flexibility index (Phi) is 7.57. The summed E-state index contributed by atoms with van der Waals surface area (Å²) in [6.45, 7) is 2.35. The molecule has 2 aliphatic heterocycles. The van der Waals surface area contributed by atoms with E-state index in [-0.39, 0.29) is 17.8 Å². The number of hydrogen-bond acceptors (Lipinski definition) is 5. The summed E-state index contributed by atoms with van der Waals surface area (Å²) in [5, 5.41) is 0. The van der Waals surface area contributed by atoms with Gasteiger partial charge in [-0.3, -0.25) is 9.78 Å². The van der Waals surface area contributed by atoms with Crippen molar-refractivity contribution >= 4 is 12.0 Å². The topological polar surface area (TPSA) is 60.9 Å². The van der Waals surface area contributed by atoms with Gasteiger partial charge in [-0.25, -0.2) is 4.39 Å². The van der Waals surface area contributed by atoms with Crippen molar-refractivity contribution in [2.24, 2.45) is 0 Å². The Morgan fingerprint density at radius 2 is 2.08 bits per heavy atom. The summed E-state index contributed by atoms with van der Waals surface area (Å²) in [7, 11) is 0. The molecule has 1 saturated heterocycles. The minimum atomic E-state index is -0.337. The molecule has 1 aromatic heterocycles. The van der Waals surface area contributed by atoms with Crippen LogP contribution in [-0.4, -0.2) is 48.3 Å². The molecular weight excluding hydrogens is 459 g/mol. The molecular formula is C29H29FN2O4. The molecule has 0 spiro atoms. The average Bonchev–Trinajstić information content (AvgIpc) is 3.14. The number of aromatic nitrogens is 1. The fourth-order valence-electron chi connectivity index (χ4n) is 4.48. The van der Waals surface area contributed by atoms with Crippen LogP contribution in [0.1, 0.15) is 30.4 Å². The minimum absolute atomic E-state index is 0.0632. The molecule has 0 bridgehead atoms. The molecule has 3 heterocycles. The van der Waals surface area contributed by atoms with Crippen molar-refractivity contribution in [1.29, 1.82) is 0 Å². The monoisotopic (exact) mass is 488 g/mol. The third kappa shape index (κ3) is 5.91. The van der Waals surface area contributed by atoms with Gasteiger partial charge >= 0.3 is 0 Å². The molecule has 186 valence electrons. The van der Waals surface area contributed by atoms with Gasteiger partial charge in [0.25, 0.3) is 0 Å². The maximum atomic E-state index is 13.5. The van der Waals surface area contributed by atoms with Gasteiger partial charge in [0, 0.05) is 42.7 Å². The first-order valence-corrected chi connectivity index (χ1v) is 12.3. The third-order valence-corrected chi connectivity index (χ3v) is 6.37. The van der Waals surface area contributed by atoms with E-state index in [9.17, 15) is 9.18 Å². The highest BCUT2D eigenvalue weighted by Crippen LogP contribution is 2.39. The summed E-state index contributed by atoms with van der Waals surface area (Å²) in [6, 6.07) is 14.0. The van der Waals surface area contributed by atoms with Gasteiger partial charge in [-0.2, -0.15) is 0 Å². The van der Waals surface area contributed by atoms with Crippen molar-refractivity contribution in [3.05, 3.63) is 83.9 Å².